The van der Waals surface area contributed by atoms with Gasteiger partial charge in [-0.1, -0.05) is 50.1 Å². The number of nitrogens with zero attached hydrogens (tertiary/aromatic N) is 1. The number of aromatic amines is 1. The van der Waals surface area contributed by atoms with Crippen LogP contribution in [0.25, 0.3) is 10.9 Å². The molecule has 0 saturated carbocycles. The largest absolute Gasteiger partial charge is 0.508 e. The fraction of sp³-hybridized carbons (Fsp3) is 0.500. The fourth-order valence-electron chi connectivity index (χ4n) is 5.70. The number of carbonyl (C=O) groups excluding carboxylic acids is 1. The Morgan fingerprint density at radius 2 is 2.00 bits per heavy atom. The van der Waals surface area contributed by atoms with E-state index < -0.39 is 0 Å². The Balaban J connectivity index is 1.16. The molecule has 4 rings (SSSR count). The third-order valence-electron chi connectivity index (χ3n) is 7.81. The number of hydrogen-bond donors (Lipinski definition) is 3. The second-order valence-electron chi connectivity index (χ2n) is 10.2. The molecule has 1 amide bonds. The van der Waals surface area contributed by atoms with Crippen LogP contribution < -0.4 is 5.32 Å². The molecule has 2 aromatic carbocycles. The van der Waals surface area contributed by atoms with Gasteiger partial charge < -0.3 is 20.3 Å². The maximum Gasteiger partial charge on any atom is 0.220 e. The van der Waals surface area contributed by atoms with Crippen LogP contribution in [0.5, 0.6) is 5.75 Å². The number of phenolic OH excluding ortho intramolecular Hbond substituents is 1. The number of para-hydroxylation sites is 1. The molecule has 0 radical (unpaired) electrons. The predicted molar refractivity (Wildman–Crippen MR) is 144 cm³/mol. The molecule has 1 aromatic heterocycles. The first-order chi connectivity index (χ1) is 17.1. The van der Waals surface area contributed by atoms with E-state index in [4.69, 9.17) is 0 Å². The van der Waals surface area contributed by atoms with Gasteiger partial charge in [-0.15, -0.1) is 0 Å². The van der Waals surface area contributed by atoms with Crippen molar-refractivity contribution in [1.29, 1.82) is 0 Å². The summed E-state index contributed by atoms with van der Waals surface area (Å²) in [5, 5.41) is 14.4. The van der Waals surface area contributed by atoms with Gasteiger partial charge in [0.05, 0.1) is 0 Å². The quantitative estimate of drug-likeness (QED) is 0.301. The van der Waals surface area contributed by atoms with Gasteiger partial charge in [0.2, 0.25) is 5.91 Å². The van der Waals surface area contributed by atoms with Gasteiger partial charge >= 0.3 is 0 Å². The maximum atomic E-state index is 12.3. The number of nitrogens with one attached hydrogen (secondary N) is 2. The number of phenols is 1. The third-order valence-corrected chi connectivity index (χ3v) is 7.81. The van der Waals surface area contributed by atoms with Crippen LogP contribution in [0.15, 0.2) is 54.7 Å². The minimum atomic E-state index is 0.125. The Morgan fingerprint density at radius 1 is 1.11 bits per heavy atom. The summed E-state index contributed by atoms with van der Waals surface area (Å²) in [6, 6.07) is 16.2. The number of carbonyl (C=O) groups is 1. The number of amides is 1. The molecule has 1 fully saturated rings. The molecule has 0 spiro atoms. The summed E-state index contributed by atoms with van der Waals surface area (Å²) in [4.78, 5) is 18.2. The van der Waals surface area contributed by atoms with E-state index in [2.05, 4.69) is 46.4 Å². The summed E-state index contributed by atoms with van der Waals surface area (Å²) in [7, 11) is 0. The molecule has 0 bridgehead atoms. The smallest absolute Gasteiger partial charge is 0.220 e. The molecule has 0 unspecified atom stereocenters. The number of hydrogen-bond acceptors (Lipinski definition) is 3. The highest BCUT2D eigenvalue weighted by Crippen LogP contribution is 2.37. The standard InChI is InChI=1S/C30H41N3O2/c1-2-30(25-11-10-12-26(34)21-25)17-7-9-20-33(23-30)19-8-3-4-15-29(35)31-18-16-24-22-32-28-14-6-5-13-27(24)28/h5-6,10-14,21-22,32,34H,2-4,7-9,15-20,23H2,1H3,(H,31,35)/t30-/m1/s1. The van der Waals surface area contributed by atoms with E-state index in [9.17, 15) is 9.90 Å². The molecule has 0 aliphatic carbocycles. The topological polar surface area (TPSA) is 68.4 Å². The van der Waals surface area contributed by atoms with Crippen LogP contribution in [0.2, 0.25) is 0 Å². The number of H-pyrrole nitrogens is 1. The highest BCUT2D eigenvalue weighted by Gasteiger charge is 2.34. The van der Waals surface area contributed by atoms with E-state index in [1.807, 2.05) is 24.4 Å². The molecular weight excluding hydrogens is 434 g/mol. The van der Waals surface area contributed by atoms with Crippen LogP contribution in [-0.4, -0.2) is 47.1 Å². The minimum absolute atomic E-state index is 0.125. The van der Waals surface area contributed by atoms with Crippen molar-refractivity contribution in [3.63, 3.8) is 0 Å². The average molecular weight is 476 g/mol. The second-order valence-corrected chi connectivity index (χ2v) is 10.2. The SMILES string of the molecule is CC[C@@]1(c2cccc(O)c2)CCCCN(CCCCCC(=O)NCCc2c[nH]c3ccccc23)C1. The first kappa shape index (κ1) is 25.3. The molecule has 2 heterocycles. The number of unbranched alkanes of at least 4 members (excludes halogenated alkanes) is 2. The van der Waals surface area contributed by atoms with Crippen molar-refractivity contribution in [2.24, 2.45) is 0 Å². The number of benzene rings is 2. The first-order valence-corrected chi connectivity index (χ1v) is 13.4. The summed E-state index contributed by atoms with van der Waals surface area (Å²) in [5.41, 5.74) is 3.81. The van der Waals surface area contributed by atoms with Crippen molar-refractivity contribution in [1.82, 2.24) is 15.2 Å². The molecule has 5 heteroatoms. The van der Waals surface area contributed by atoms with E-state index in [1.54, 1.807) is 6.07 Å². The minimum Gasteiger partial charge on any atom is -0.508 e. The van der Waals surface area contributed by atoms with Crippen LogP contribution in [0.3, 0.4) is 0 Å². The number of likely N-dealkylation sites (tertiary alicyclic amines) is 1. The predicted octanol–water partition coefficient (Wildman–Crippen LogP) is 5.93. The van der Waals surface area contributed by atoms with Gasteiger partial charge in [0, 0.05) is 42.0 Å². The lowest BCUT2D eigenvalue weighted by molar-refractivity contribution is -0.121. The van der Waals surface area contributed by atoms with E-state index >= 15 is 0 Å². The number of rotatable bonds is 11. The number of fused-ring (bicyclic) bond motifs is 1. The Morgan fingerprint density at radius 3 is 2.86 bits per heavy atom. The highest BCUT2D eigenvalue weighted by molar-refractivity contribution is 5.83. The summed E-state index contributed by atoms with van der Waals surface area (Å²) in [6.45, 7) is 6.26. The molecule has 1 aliphatic heterocycles. The molecule has 35 heavy (non-hydrogen) atoms. The van der Waals surface area contributed by atoms with E-state index in [0.29, 0.717) is 18.7 Å². The van der Waals surface area contributed by atoms with Crippen molar-refractivity contribution < 1.29 is 9.90 Å². The Bertz CT molecular complexity index is 1090. The molecule has 1 aliphatic rings. The fourth-order valence-corrected chi connectivity index (χ4v) is 5.70. The molecular formula is C30H41N3O2. The number of aromatic hydroxyl groups is 1. The lowest BCUT2D eigenvalue weighted by Gasteiger charge is -2.36. The highest BCUT2D eigenvalue weighted by atomic mass is 16.3. The van der Waals surface area contributed by atoms with Crippen LogP contribution in [0.1, 0.15) is 69.4 Å². The zero-order chi connectivity index (χ0) is 24.5. The first-order valence-electron chi connectivity index (χ1n) is 13.4. The lowest BCUT2D eigenvalue weighted by Crippen LogP contribution is -2.39. The van der Waals surface area contributed by atoms with Gasteiger partial charge in [0.1, 0.15) is 5.75 Å². The molecule has 1 saturated heterocycles. The van der Waals surface area contributed by atoms with Gasteiger partial charge in [-0.25, -0.2) is 0 Å². The van der Waals surface area contributed by atoms with Crippen molar-refractivity contribution >= 4 is 16.8 Å². The van der Waals surface area contributed by atoms with Crippen molar-refractivity contribution in [2.45, 2.75) is 70.1 Å². The summed E-state index contributed by atoms with van der Waals surface area (Å²) >= 11 is 0. The molecule has 3 aromatic rings. The van der Waals surface area contributed by atoms with Crippen molar-refractivity contribution in [3.8, 4) is 5.75 Å². The molecule has 188 valence electrons. The Hall–Kier alpha value is -2.79. The number of aromatic nitrogens is 1. The lowest BCUT2D eigenvalue weighted by atomic mass is 9.74. The van der Waals surface area contributed by atoms with Crippen molar-refractivity contribution in [3.05, 3.63) is 65.9 Å². The Labute approximate surface area is 209 Å². The van der Waals surface area contributed by atoms with Gasteiger partial charge in [0.25, 0.3) is 0 Å². The zero-order valence-electron chi connectivity index (χ0n) is 21.2. The zero-order valence-corrected chi connectivity index (χ0v) is 21.2. The van der Waals surface area contributed by atoms with Gasteiger partial charge in [-0.05, 0) is 80.9 Å². The summed E-state index contributed by atoms with van der Waals surface area (Å²) < 4.78 is 0. The van der Waals surface area contributed by atoms with Crippen molar-refractivity contribution in [2.75, 3.05) is 26.2 Å². The molecule has 3 N–H and O–H groups in total. The van der Waals surface area contributed by atoms with E-state index in [0.717, 1.165) is 57.3 Å². The average Bonchev–Trinajstić information content (AvgIpc) is 3.15. The van der Waals surface area contributed by atoms with Gasteiger partial charge in [0.15, 0.2) is 0 Å². The molecule has 5 nitrogen and oxygen atoms in total. The third kappa shape index (κ3) is 6.66. The molecule has 1 atom stereocenters. The summed E-state index contributed by atoms with van der Waals surface area (Å²) in [5.74, 6) is 0.527. The van der Waals surface area contributed by atoms with Crippen LogP contribution >= 0.6 is 0 Å². The second kappa shape index (κ2) is 12.3. The van der Waals surface area contributed by atoms with Gasteiger partial charge in [-0.3, -0.25) is 4.79 Å². The monoisotopic (exact) mass is 475 g/mol. The van der Waals surface area contributed by atoms with E-state index in [1.165, 1.54) is 35.8 Å². The maximum absolute atomic E-state index is 12.3. The van der Waals surface area contributed by atoms with Crippen LogP contribution in [0.4, 0.5) is 0 Å². The van der Waals surface area contributed by atoms with Gasteiger partial charge in [-0.2, -0.15) is 0 Å². The Kier molecular flexibility index (Phi) is 8.86. The normalized spacial score (nSPS) is 19.0. The van der Waals surface area contributed by atoms with Crippen LogP contribution in [-0.2, 0) is 16.6 Å². The van der Waals surface area contributed by atoms with E-state index in [-0.39, 0.29) is 11.3 Å². The van der Waals surface area contributed by atoms with Crippen LogP contribution in [0, 0.1) is 0 Å². The summed E-state index contributed by atoms with van der Waals surface area (Å²) in [6.07, 6.45) is 11.4.